The second-order valence-electron chi connectivity index (χ2n) is 5.43. The SMILES string of the molecule is Fc1cc(F)cc(-c2nccc(Nc3ccc4c(c3)C=NC4)n2)c1. The molecule has 0 spiro atoms. The van der Waals surface area contributed by atoms with Crippen molar-refractivity contribution in [3.8, 4) is 11.4 Å². The van der Waals surface area contributed by atoms with Gasteiger partial charge in [0.15, 0.2) is 5.82 Å². The molecule has 0 unspecified atom stereocenters. The number of rotatable bonds is 3. The minimum absolute atomic E-state index is 0.251. The summed E-state index contributed by atoms with van der Waals surface area (Å²) in [5.41, 5.74) is 3.40. The van der Waals surface area contributed by atoms with Crippen LogP contribution in [-0.4, -0.2) is 16.2 Å². The van der Waals surface area contributed by atoms with Crippen molar-refractivity contribution in [2.75, 3.05) is 5.32 Å². The van der Waals surface area contributed by atoms with Crippen LogP contribution in [0.4, 0.5) is 20.3 Å². The highest BCUT2D eigenvalue weighted by atomic mass is 19.1. The van der Waals surface area contributed by atoms with Gasteiger partial charge in [0, 0.05) is 29.7 Å². The third-order valence-corrected chi connectivity index (χ3v) is 3.69. The van der Waals surface area contributed by atoms with Gasteiger partial charge in [-0.1, -0.05) is 6.07 Å². The Morgan fingerprint density at radius 1 is 0.958 bits per heavy atom. The van der Waals surface area contributed by atoms with Crippen LogP contribution < -0.4 is 5.32 Å². The van der Waals surface area contributed by atoms with Crippen LogP contribution in [-0.2, 0) is 6.54 Å². The van der Waals surface area contributed by atoms with E-state index in [9.17, 15) is 8.78 Å². The van der Waals surface area contributed by atoms with Gasteiger partial charge < -0.3 is 5.32 Å². The van der Waals surface area contributed by atoms with Gasteiger partial charge in [-0.25, -0.2) is 18.7 Å². The zero-order valence-corrected chi connectivity index (χ0v) is 12.5. The molecule has 118 valence electrons. The summed E-state index contributed by atoms with van der Waals surface area (Å²) in [5.74, 6) is -0.532. The Bertz CT molecular complexity index is 933. The van der Waals surface area contributed by atoms with Crippen LogP contribution in [0, 0.1) is 11.6 Å². The smallest absolute Gasteiger partial charge is 0.161 e. The molecule has 0 saturated carbocycles. The molecule has 2 aromatic carbocycles. The van der Waals surface area contributed by atoms with E-state index in [1.54, 1.807) is 12.3 Å². The van der Waals surface area contributed by atoms with E-state index in [1.165, 1.54) is 17.7 Å². The summed E-state index contributed by atoms with van der Waals surface area (Å²) in [6.45, 7) is 0.707. The molecule has 24 heavy (non-hydrogen) atoms. The summed E-state index contributed by atoms with van der Waals surface area (Å²) < 4.78 is 26.7. The van der Waals surface area contributed by atoms with Crippen LogP contribution in [0.3, 0.4) is 0 Å². The van der Waals surface area contributed by atoms with Crippen molar-refractivity contribution >= 4 is 17.7 Å². The Morgan fingerprint density at radius 2 is 1.79 bits per heavy atom. The molecule has 3 aromatic rings. The minimum Gasteiger partial charge on any atom is -0.340 e. The first-order chi connectivity index (χ1) is 11.7. The van der Waals surface area contributed by atoms with Crippen LogP contribution in [0.1, 0.15) is 11.1 Å². The van der Waals surface area contributed by atoms with Crippen molar-refractivity contribution in [3.05, 3.63) is 71.4 Å². The van der Waals surface area contributed by atoms with E-state index in [2.05, 4.69) is 20.3 Å². The van der Waals surface area contributed by atoms with E-state index in [1.807, 2.05) is 24.4 Å². The number of halogens is 2. The Kier molecular flexibility index (Phi) is 3.49. The number of aromatic nitrogens is 2. The lowest BCUT2D eigenvalue weighted by atomic mass is 10.1. The standard InChI is InChI=1S/C18H12F2N4/c19-14-5-12(6-15(20)8-14)18-22-4-3-17(24-18)23-16-2-1-11-9-21-10-13(11)7-16/h1-8,10H,9H2,(H,22,23,24). The number of hydrogen-bond donors (Lipinski definition) is 1. The van der Waals surface area contributed by atoms with E-state index in [0.717, 1.165) is 17.3 Å². The van der Waals surface area contributed by atoms with E-state index >= 15 is 0 Å². The summed E-state index contributed by atoms with van der Waals surface area (Å²) in [7, 11) is 0. The number of nitrogens with zero attached hydrogens (tertiary/aromatic N) is 3. The third-order valence-electron chi connectivity index (χ3n) is 3.69. The van der Waals surface area contributed by atoms with Gasteiger partial charge in [-0.2, -0.15) is 0 Å². The molecule has 0 aliphatic carbocycles. The lowest BCUT2D eigenvalue weighted by Gasteiger charge is -2.08. The number of anilines is 2. The number of nitrogens with one attached hydrogen (secondary N) is 1. The average molecular weight is 322 g/mol. The normalized spacial score (nSPS) is 12.2. The molecule has 1 aromatic heterocycles. The molecule has 4 rings (SSSR count). The van der Waals surface area contributed by atoms with Gasteiger partial charge >= 0.3 is 0 Å². The number of aliphatic imine (C=N–C) groups is 1. The lowest BCUT2D eigenvalue weighted by Crippen LogP contribution is -1.98. The maximum Gasteiger partial charge on any atom is 0.161 e. The lowest BCUT2D eigenvalue weighted by molar-refractivity contribution is 0.584. The molecule has 2 heterocycles. The Morgan fingerprint density at radius 3 is 2.62 bits per heavy atom. The summed E-state index contributed by atoms with van der Waals surface area (Å²) >= 11 is 0. The zero-order valence-electron chi connectivity index (χ0n) is 12.5. The monoisotopic (exact) mass is 322 g/mol. The van der Waals surface area contributed by atoms with Crippen molar-refractivity contribution in [1.82, 2.24) is 9.97 Å². The number of benzene rings is 2. The molecule has 0 atom stereocenters. The largest absolute Gasteiger partial charge is 0.340 e. The molecule has 0 saturated heterocycles. The molecule has 0 bridgehead atoms. The van der Waals surface area contributed by atoms with Crippen LogP contribution in [0.25, 0.3) is 11.4 Å². The van der Waals surface area contributed by atoms with E-state index in [-0.39, 0.29) is 11.4 Å². The molecular weight excluding hydrogens is 310 g/mol. The van der Waals surface area contributed by atoms with Crippen LogP contribution in [0.2, 0.25) is 0 Å². The van der Waals surface area contributed by atoms with Gasteiger partial charge in [0.1, 0.15) is 17.5 Å². The van der Waals surface area contributed by atoms with Crippen molar-refractivity contribution < 1.29 is 8.78 Å². The van der Waals surface area contributed by atoms with Crippen LogP contribution in [0.15, 0.2) is 53.7 Å². The fourth-order valence-corrected chi connectivity index (χ4v) is 2.58. The fraction of sp³-hybridized carbons (Fsp3) is 0.0556. The molecule has 0 radical (unpaired) electrons. The van der Waals surface area contributed by atoms with Crippen molar-refractivity contribution in [2.45, 2.75) is 6.54 Å². The van der Waals surface area contributed by atoms with Gasteiger partial charge in [-0.3, -0.25) is 4.99 Å². The van der Waals surface area contributed by atoms with Crippen LogP contribution in [0.5, 0.6) is 0 Å². The summed E-state index contributed by atoms with van der Waals surface area (Å²) in [4.78, 5) is 12.6. The Labute approximate surface area is 136 Å². The zero-order chi connectivity index (χ0) is 16.5. The first kappa shape index (κ1) is 14.4. The molecule has 0 fully saturated rings. The second kappa shape index (κ2) is 5.81. The predicted molar refractivity (Wildman–Crippen MR) is 88.4 cm³/mol. The maximum atomic E-state index is 13.4. The van der Waals surface area contributed by atoms with Gasteiger partial charge in [-0.15, -0.1) is 0 Å². The first-order valence-corrected chi connectivity index (χ1v) is 7.37. The highest BCUT2D eigenvalue weighted by Gasteiger charge is 2.09. The molecule has 6 heteroatoms. The highest BCUT2D eigenvalue weighted by Crippen LogP contribution is 2.23. The second-order valence-corrected chi connectivity index (χ2v) is 5.43. The Balaban J connectivity index is 1.64. The molecule has 4 nitrogen and oxygen atoms in total. The fourth-order valence-electron chi connectivity index (χ4n) is 2.58. The van der Waals surface area contributed by atoms with Gasteiger partial charge in [-0.05, 0) is 41.5 Å². The number of hydrogen-bond acceptors (Lipinski definition) is 4. The topological polar surface area (TPSA) is 50.2 Å². The van der Waals surface area contributed by atoms with Gasteiger partial charge in [0.05, 0.1) is 6.54 Å². The van der Waals surface area contributed by atoms with E-state index in [0.29, 0.717) is 12.4 Å². The van der Waals surface area contributed by atoms with Crippen molar-refractivity contribution in [3.63, 3.8) is 0 Å². The minimum atomic E-state index is -0.662. The first-order valence-electron chi connectivity index (χ1n) is 7.37. The van der Waals surface area contributed by atoms with Crippen molar-refractivity contribution in [2.24, 2.45) is 4.99 Å². The third kappa shape index (κ3) is 2.86. The summed E-state index contributed by atoms with van der Waals surface area (Å²) in [6.07, 6.45) is 3.38. The van der Waals surface area contributed by atoms with Crippen molar-refractivity contribution in [1.29, 1.82) is 0 Å². The average Bonchev–Trinajstić information content (AvgIpc) is 3.02. The molecule has 1 N–H and O–H groups in total. The summed E-state index contributed by atoms with van der Waals surface area (Å²) in [6, 6.07) is 10.8. The number of fused-ring (bicyclic) bond motifs is 1. The van der Waals surface area contributed by atoms with E-state index in [4.69, 9.17) is 0 Å². The quantitative estimate of drug-likeness (QED) is 0.790. The maximum absolute atomic E-state index is 13.4. The van der Waals surface area contributed by atoms with E-state index < -0.39 is 11.6 Å². The molecule has 0 amide bonds. The predicted octanol–water partition coefficient (Wildman–Crippen LogP) is 4.10. The molecule has 1 aliphatic heterocycles. The molecular formula is C18H12F2N4. The van der Waals surface area contributed by atoms with Gasteiger partial charge in [0.25, 0.3) is 0 Å². The molecule has 1 aliphatic rings. The highest BCUT2D eigenvalue weighted by molar-refractivity contribution is 5.86. The Hall–Kier alpha value is -3.15. The van der Waals surface area contributed by atoms with Crippen LogP contribution >= 0.6 is 0 Å². The summed E-state index contributed by atoms with van der Waals surface area (Å²) in [5, 5.41) is 3.17. The van der Waals surface area contributed by atoms with Gasteiger partial charge in [0.2, 0.25) is 0 Å².